The standard InChI is InChI=1S/C17H17N3OS/c1-10-6-11(2)8-14(7-10)20-17(21)19-13-4-5-15-16(9-13)22-12(3)18-15/h4-9H,1-3H3,(H2,19,20,21). The minimum Gasteiger partial charge on any atom is -0.308 e. The third-order valence-electron chi connectivity index (χ3n) is 3.23. The molecule has 22 heavy (non-hydrogen) atoms. The van der Waals surface area contributed by atoms with Crippen molar-refractivity contribution in [3.63, 3.8) is 0 Å². The Balaban J connectivity index is 1.74. The highest BCUT2D eigenvalue weighted by Gasteiger charge is 2.06. The SMILES string of the molecule is Cc1cc(C)cc(NC(=O)Nc2ccc3nc(C)sc3c2)c1. The molecule has 0 atom stereocenters. The third kappa shape index (κ3) is 3.26. The molecule has 4 nitrogen and oxygen atoms in total. The molecule has 1 heterocycles. The summed E-state index contributed by atoms with van der Waals surface area (Å²) in [6.45, 7) is 6.00. The molecule has 0 aliphatic rings. The largest absolute Gasteiger partial charge is 0.323 e. The first-order chi connectivity index (χ1) is 10.5. The average Bonchev–Trinajstić information content (AvgIpc) is 2.76. The molecule has 0 saturated carbocycles. The predicted molar refractivity (Wildman–Crippen MR) is 92.9 cm³/mol. The quantitative estimate of drug-likeness (QED) is 0.709. The lowest BCUT2D eigenvalue weighted by molar-refractivity contribution is 0.262. The fourth-order valence-corrected chi connectivity index (χ4v) is 3.32. The number of hydrogen-bond acceptors (Lipinski definition) is 3. The number of hydrogen-bond donors (Lipinski definition) is 2. The summed E-state index contributed by atoms with van der Waals surface area (Å²) in [5.41, 5.74) is 4.76. The van der Waals surface area contributed by atoms with Crippen LogP contribution in [0, 0.1) is 20.8 Å². The van der Waals surface area contributed by atoms with E-state index in [1.54, 1.807) is 11.3 Å². The second-order valence-electron chi connectivity index (χ2n) is 5.37. The summed E-state index contributed by atoms with van der Waals surface area (Å²) in [5.74, 6) is 0. The topological polar surface area (TPSA) is 54.0 Å². The van der Waals surface area contributed by atoms with Gasteiger partial charge in [-0.15, -0.1) is 11.3 Å². The van der Waals surface area contributed by atoms with E-state index in [4.69, 9.17) is 0 Å². The van der Waals surface area contributed by atoms with Crippen LogP contribution in [-0.2, 0) is 0 Å². The summed E-state index contributed by atoms with van der Waals surface area (Å²) in [4.78, 5) is 16.5. The molecule has 0 spiro atoms. The van der Waals surface area contributed by atoms with Crippen LogP contribution >= 0.6 is 11.3 Å². The Morgan fingerprint density at radius 1 is 0.955 bits per heavy atom. The van der Waals surface area contributed by atoms with Crippen molar-refractivity contribution in [2.45, 2.75) is 20.8 Å². The maximum atomic E-state index is 12.1. The molecular weight excluding hydrogens is 294 g/mol. The van der Waals surface area contributed by atoms with Gasteiger partial charge in [-0.05, 0) is 62.2 Å². The molecule has 2 amide bonds. The van der Waals surface area contributed by atoms with Crippen LogP contribution in [0.3, 0.4) is 0 Å². The van der Waals surface area contributed by atoms with Crippen LogP contribution in [0.1, 0.15) is 16.1 Å². The van der Waals surface area contributed by atoms with Gasteiger partial charge in [0.2, 0.25) is 0 Å². The number of thiazole rings is 1. The Morgan fingerprint density at radius 2 is 1.64 bits per heavy atom. The number of aryl methyl sites for hydroxylation is 3. The van der Waals surface area contributed by atoms with Crippen LogP contribution in [0.5, 0.6) is 0 Å². The molecule has 3 aromatic rings. The lowest BCUT2D eigenvalue weighted by Gasteiger charge is -2.09. The molecule has 0 unspecified atom stereocenters. The Kier molecular flexibility index (Phi) is 3.81. The first kappa shape index (κ1) is 14.5. The zero-order valence-corrected chi connectivity index (χ0v) is 13.5. The number of anilines is 2. The van der Waals surface area contributed by atoms with Gasteiger partial charge in [0.15, 0.2) is 0 Å². The first-order valence-electron chi connectivity index (χ1n) is 7.03. The zero-order valence-electron chi connectivity index (χ0n) is 12.7. The smallest absolute Gasteiger partial charge is 0.308 e. The van der Waals surface area contributed by atoms with Crippen molar-refractivity contribution in [3.05, 3.63) is 52.5 Å². The number of aromatic nitrogens is 1. The number of amides is 2. The van der Waals surface area contributed by atoms with Crippen LogP contribution in [0.4, 0.5) is 16.2 Å². The van der Waals surface area contributed by atoms with E-state index in [-0.39, 0.29) is 6.03 Å². The van der Waals surface area contributed by atoms with E-state index >= 15 is 0 Å². The minimum absolute atomic E-state index is 0.245. The number of nitrogens with zero attached hydrogens (tertiary/aromatic N) is 1. The van der Waals surface area contributed by atoms with Crippen molar-refractivity contribution in [1.29, 1.82) is 0 Å². The maximum absolute atomic E-state index is 12.1. The van der Waals surface area contributed by atoms with Crippen LogP contribution in [0.2, 0.25) is 0 Å². The van der Waals surface area contributed by atoms with Gasteiger partial charge in [-0.1, -0.05) is 6.07 Å². The number of urea groups is 1. The summed E-state index contributed by atoms with van der Waals surface area (Å²) in [5, 5.41) is 6.74. The van der Waals surface area contributed by atoms with Crippen molar-refractivity contribution in [1.82, 2.24) is 4.98 Å². The highest BCUT2D eigenvalue weighted by atomic mass is 32.1. The zero-order chi connectivity index (χ0) is 15.7. The van der Waals surface area contributed by atoms with E-state index < -0.39 is 0 Å². The van der Waals surface area contributed by atoms with E-state index in [2.05, 4.69) is 21.7 Å². The summed E-state index contributed by atoms with van der Waals surface area (Å²) >= 11 is 1.62. The van der Waals surface area contributed by atoms with Gasteiger partial charge in [0.1, 0.15) is 0 Å². The molecule has 5 heteroatoms. The summed E-state index contributed by atoms with van der Waals surface area (Å²) in [7, 11) is 0. The Labute approximate surface area is 133 Å². The van der Waals surface area contributed by atoms with E-state index in [1.165, 1.54) is 0 Å². The average molecular weight is 311 g/mol. The van der Waals surface area contributed by atoms with Gasteiger partial charge in [-0.2, -0.15) is 0 Å². The number of nitrogens with one attached hydrogen (secondary N) is 2. The van der Waals surface area contributed by atoms with Crippen molar-refractivity contribution < 1.29 is 4.79 Å². The van der Waals surface area contributed by atoms with E-state index in [0.29, 0.717) is 0 Å². The molecule has 3 rings (SSSR count). The maximum Gasteiger partial charge on any atom is 0.323 e. The highest BCUT2D eigenvalue weighted by Crippen LogP contribution is 2.25. The second-order valence-corrected chi connectivity index (χ2v) is 6.61. The Hall–Kier alpha value is -2.40. The number of carbonyl (C=O) groups is 1. The molecule has 1 aromatic heterocycles. The molecule has 112 valence electrons. The van der Waals surface area contributed by atoms with E-state index in [0.717, 1.165) is 37.7 Å². The van der Waals surface area contributed by atoms with Crippen molar-refractivity contribution in [2.24, 2.45) is 0 Å². The highest BCUT2D eigenvalue weighted by molar-refractivity contribution is 7.18. The molecular formula is C17H17N3OS. The van der Waals surface area contributed by atoms with Gasteiger partial charge in [0.05, 0.1) is 15.2 Å². The summed E-state index contributed by atoms with van der Waals surface area (Å²) in [6, 6.07) is 11.5. The van der Waals surface area contributed by atoms with Crippen LogP contribution in [0.25, 0.3) is 10.2 Å². The van der Waals surface area contributed by atoms with Gasteiger partial charge >= 0.3 is 6.03 Å². The van der Waals surface area contributed by atoms with Gasteiger partial charge in [0.25, 0.3) is 0 Å². The molecule has 0 fully saturated rings. The van der Waals surface area contributed by atoms with E-state index in [9.17, 15) is 4.79 Å². The molecule has 2 N–H and O–H groups in total. The first-order valence-corrected chi connectivity index (χ1v) is 7.85. The number of fused-ring (bicyclic) bond motifs is 1. The Morgan fingerprint density at radius 3 is 2.36 bits per heavy atom. The van der Waals surface area contributed by atoms with Crippen LogP contribution in [-0.4, -0.2) is 11.0 Å². The second kappa shape index (κ2) is 5.77. The molecule has 0 bridgehead atoms. The molecule has 0 aliphatic carbocycles. The van der Waals surface area contributed by atoms with E-state index in [1.807, 2.05) is 51.1 Å². The van der Waals surface area contributed by atoms with Crippen LogP contribution in [0.15, 0.2) is 36.4 Å². The van der Waals surface area contributed by atoms with Gasteiger partial charge in [0, 0.05) is 11.4 Å². The lowest BCUT2D eigenvalue weighted by atomic mass is 10.1. The van der Waals surface area contributed by atoms with Crippen molar-refractivity contribution in [3.8, 4) is 0 Å². The van der Waals surface area contributed by atoms with Gasteiger partial charge < -0.3 is 10.6 Å². The molecule has 0 aliphatic heterocycles. The summed E-state index contributed by atoms with van der Waals surface area (Å²) < 4.78 is 1.07. The van der Waals surface area contributed by atoms with Gasteiger partial charge in [-0.25, -0.2) is 9.78 Å². The number of benzene rings is 2. The number of carbonyl (C=O) groups excluding carboxylic acids is 1. The normalized spacial score (nSPS) is 10.7. The fraction of sp³-hybridized carbons (Fsp3) is 0.176. The monoisotopic (exact) mass is 311 g/mol. The molecule has 2 aromatic carbocycles. The minimum atomic E-state index is -0.245. The van der Waals surface area contributed by atoms with Crippen LogP contribution < -0.4 is 10.6 Å². The third-order valence-corrected chi connectivity index (χ3v) is 4.17. The Bertz CT molecular complexity index is 834. The molecule has 0 radical (unpaired) electrons. The lowest BCUT2D eigenvalue weighted by Crippen LogP contribution is -2.19. The number of rotatable bonds is 2. The van der Waals surface area contributed by atoms with Crippen molar-refractivity contribution >= 4 is 39.0 Å². The molecule has 0 saturated heterocycles. The predicted octanol–water partition coefficient (Wildman–Crippen LogP) is 4.87. The van der Waals surface area contributed by atoms with Crippen molar-refractivity contribution in [2.75, 3.05) is 10.6 Å². The summed E-state index contributed by atoms with van der Waals surface area (Å²) in [6.07, 6.45) is 0. The van der Waals surface area contributed by atoms with Gasteiger partial charge in [-0.3, -0.25) is 0 Å². The fourth-order valence-electron chi connectivity index (χ4n) is 2.46.